The number of aliphatic hydroxyl groups excluding tert-OH is 1. The van der Waals surface area contributed by atoms with Gasteiger partial charge in [0.1, 0.15) is 62.0 Å². The van der Waals surface area contributed by atoms with Gasteiger partial charge in [0, 0.05) is 51.7 Å². The lowest BCUT2D eigenvalue weighted by atomic mass is 9.98. The molecule has 3 fully saturated rings. The number of alkyl halides is 2. The average Bonchev–Trinajstić information content (AvgIpc) is 1.79. The molecule has 3 aliphatic rings. The highest BCUT2D eigenvalue weighted by atomic mass is 79.9. The summed E-state index contributed by atoms with van der Waals surface area (Å²) in [5.41, 5.74) is 2.56. The van der Waals surface area contributed by atoms with Gasteiger partial charge in [-0.2, -0.15) is 0 Å². The van der Waals surface area contributed by atoms with E-state index in [4.69, 9.17) is 67.8 Å². The summed E-state index contributed by atoms with van der Waals surface area (Å²) in [6.45, 7) is 10.5. The van der Waals surface area contributed by atoms with E-state index < -0.39 is 53.7 Å². The van der Waals surface area contributed by atoms with E-state index >= 15 is 0 Å². The molecule has 542 valence electrons. The highest BCUT2D eigenvalue weighted by Crippen LogP contribution is 2.24. The molecule has 0 bridgehead atoms. The van der Waals surface area contributed by atoms with Gasteiger partial charge in [0.2, 0.25) is 0 Å². The molecular formula is C73H92Br2O24. The number of carbonyl (C=O) groups excluding carboxylic acids is 7. The van der Waals surface area contributed by atoms with Crippen LogP contribution in [0.25, 0.3) is 0 Å². The molecule has 0 amide bonds. The molecule has 4 N–H and O–H groups in total. The minimum atomic E-state index is -1.14. The molecule has 0 aromatic heterocycles. The number of esters is 7. The molecule has 0 aliphatic heterocycles. The molecule has 3 aliphatic carbocycles. The van der Waals surface area contributed by atoms with E-state index in [1.54, 1.807) is 51.7 Å². The normalized spacial score (nSPS) is 13.5. The Balaban J connectivity index is 0.000000627. The number of carbonyl (C=O) groups is 10. The predicted molar refractivity (Wildman–Crippen MR) is 374 cm³/mol. The molecule has 0 unspecified atom stereocenters. The van der Waals surface area contributed by atoms with Crippen molar-refractivity contribution in [2.24, 2.45) is 0 Å². The summed E-state index contributed by atoms with van der Waals surface area (Å²) in [5.74, 6) is -4.61. The zero-order chi connectivity index (χ0) is 73.6. The first-order chi connectivity index (χ1) is 47.4. The Labute approximate surface area is 594 Å². The third kappa shape index (κ3) is 45.9. The minimum Gasteiger partial charge on any atom is -0.497 e. The number of benzene rings is 3. The van der Waals surface area contributed by atoms with Crippen molar-refractivity contribution in [2.75, 3.05) is 45.2 Å². The quantitative estimate of drug-likeness (QED) is 0.0208. The second-order valence-electron chi connectivity index (χ2n) is 21.6. The number of aliphatic carboxylic acids is 3. The van der Waals surface area contributed by atoms with Crippen LogP contribution in [0.5, 0.6) is 17.2 Å². The summed E-state index contributed by atoms with van der Waals surface area (Å²) in [6.07, 6.45) is 24.6. The van der Waals surface area contributed by atoms with Crippen molar-refractivity contribution < 1.29 is 116 Å². The molecule has 3 aromatic carbocycles. The fourth-order valence-corrected chi connectivity index (χ4v) is 8.96. The van der Waals surface area contributed by atoms with Crippen LogP contribution < -0.4 is 14.2 Å². The molecule has 0 saturated heterocycles. The second-order valence-corrected chi connectivity index (χ2v) is 22.9. The van der Waals surface area contributed by atoms with Gasteiger partial charge in [-0.25, -0.2) is 33.6 Å². The number of halogens is 2. The van der Waals surface area contributed by atoms with E-state index in [0.29, 0.717) is 10.7 Å². The zero-order valence-electron chi connectivity index (χ0n) is 56.3. The fraction of sp³-hybridized carbons (Fsp3) is 0.425. The van der Waals surface area contributed by atoms with Crippen LogP contribution in [0.4, 0.5) is 0 Å². The van der Waals surface area contributed by atoms with E-state index in [0.717, 1.165) is 136 Å². The van der Waals surface area contributed by atoms with E-state index in [2.05, 4.69) is 51.6 Å². The first-order valence-corrected chi connectivity index (χ1v) is 34.0. The maximum absolute atomic E-state index is 11.9. The number of ether oxygens (including phenoxy) is 10. The smallest absolute Gasteiger partial charge is 0.334 e. The number of allylic oxidation sites excluding steroid dienone is 2. The maximum Gasteiger partial charge on any atom is 0.334 e. The van der Waals surface area contributed by atoms with Gasteiger partial charge >= 0.3 is 59.7 Å². The van der Waals surface area contributed by atoms with Gasteiger partial charge in [0.25, 0.3) is 0 Å². The van der Waals surface area contributed by atoms with Crippen LogP contribution in [0, 0.1) is 0 Å². The van der Waals surface area contributed by atoms with Crippen LogP contribution in [0.1, 0.15) is 132 Å². The van der Waals surface area contributed by atoms with Crippen LogP contribution in [0.3, 0.4) is 0 Å². The first kappa shape index (κ1) is 87.9. The molecule has 99 heavy (non-hydrogen) atoms. The van der Waals surface area contributed by atoms with Gasteiger partial charge in [-0.1, -0.05) is 119 Å². The first-order valence-electron chi connectivity index (χ1n) is 31.7. The van der Waals surface area contributed by atoms with Crippen LogP contribution in [0.15, 0.2) is 158 Å². The number of methoxy groups -OCH3 is 3. The fourth-order valence-electron chi connectivity index (χ4n) is 8.59. The van der Waals surface area contributed by atoms with E-state index in [9.17, 15) is 47.9 Å². The highest BCUT2D eigenvalue weighted by molar-refractivity contribution is 9.09. The molecule has 26 heteroatoms. The standard InChI is InChI=1S/C23H28O7.C15H20O6.C12H13BrO3.C11H16O4.C8H10O2.C4H5BrO2/c1-17(15-22(25)30-20-7-4-3-5-8-20)23(26)28-14-6-9-21(24)29-16-18-10-12-19(27-2)13-11-18;1-11(15(19)20-9-5-8-13(16)17)10-14(18)21-12-6-3-2-4-7-12;1-15-11-6-4-10(5-7-11)9-16-12(14)3-2-8-13;1-8(11(13)14)7-10(12)15-9-5-3-2-4-6-9;1-10-8-4-2-7(6-9)3-5-8;5-3-1-2-4(6)7/h6,9-13,20H,1,3-5,7-8,14-16H2,2H3;5,8,12H,1-4,6-7,9-10H2,(H,16,17);2-7H,8-9H2,1H3;9H,1-7H2,(H,13,14);2-5,9H,6H2,1H3;1-2H,3H2,(H,6,7)/b9-6+;8-5+;3-2+;;;2-1+. The van der Waals surface area contributed by atoms with Gasteiger partial charge < -0.3 is 67.8 Å². The van der Waals surface area contributed by atoms with E-state index in [1.165, 1.54) is 36.8 Å². The van der Waals surface area contributed by atoms with Crippen molar-refractivity contribution >= 4 is 91.6 Å². The average molecular weight is 1510 g/mol. The van der Waals surface area contributed by atoms with Gasteiger partial charge in [-0.15, -0.1) is 0 Å². The largest absolute Gasteiger partial charge is 0.497 e. The summed E-state index contributed by atoms with van der Waals surface area (Å²) in [6, 6.07) is 21.8. The lowest BCUT2D eigenvalue weighted by Gasteiger charge is -2.21. The third-order valence-corrected chi connectivity index (χ3v) is 14.5. The van der Waals surface area contributed by atoms with Crippen molar-refractivity contribution in [3.63, 3.8) is 0 Å². The second kappa shape index (κ2) is 54.8. The molecule has 0 spiro atoms. The van der Waals surface area contributed by atoms with E-state index in [1.807, 2.05) is 48.5 Å². The molecule has 0 atom stereocenters. The lowest BCUT2D eigenvalue weighted by molar-refractivity contribution is -0.151. The Morgan fingerprint density at radius 1 is 0.414 bits per heavy atom. The number of rotatable bonds is 30. The SMILES string of the molecule is C=C(CC(=O)OC1CCCCC1)C(=O)O.C=C(CC(=O)OC1CCCCC1)C(=O)OC/C=C/C(=O)O.C=C(CC(=O)OC1CCCCC1)C(=O)OC/C=C/C(=O)OCc1ccc(OC)cc1.COc1ccc(CO)cc1.COc1ccc(COC(=O)/C=C/CBr)cc1.O=C(O)/C=C/CBr. The molecular weight excluding hydrogens is 1420 g/mol. The maximum atomic E-state index is 11.9. The van der Waals surface area contributed by atoms with Crippen molar-refractivity contribution in [3.05, 3.63) is 175 Å². The summed E-state index contributed by atoms with van der Waals surface area (Å²) >= 11 is 6.21. The van der Waals surface area contributed by atoms with Gasteiger partial charge in [0.15, 0.2) is 0 Å². The van der Waals surface area contributed by atoms with Crippen LogP contribution in [-0.4, -0.2) is 144 Å². The summed E-state index contributed by atoms with van der Waals surface area (Å²) < 4.78 is 50.6. The zero-order valence-corrected chi connectivity index (χ0v) is 59.5. The monoisotopic (exact) mass is 1510 g/mol. The Hall–Kier alpha value is -9.14. The lowest BCUT2D eigenvalue weighted by Crippen LogP contribution is -2.22. The topological polar surface area (TPSA) is 344 Å². The van der Waals surface area contributed by atoms with Crippen LogP contribution in [0.2, 0.25) is 0 Å². The van der Waals surface area contributed by atoms with Crippen molar-refractivity contribution in [3.8, 4) is 17.2 Å². The number of carboxylic acid groups (broad SMARTS) is 3. The molecule has 3 saturated carbocycles. The number of carboxylic acids is 3. The number of hydrogen-bond donors (Lipinski definition) is 4. The predicted octanol–water partition coefficient (Wildman–Crippen LogP) is 12.4. The van der Waals surface area contributed by atoms with Crippen LogP contribution >= 0.6 is 31.9 Å². The van der Waals surface area contributed by atoms with Crippen LogP contribution in [-0.2, 0) is 101 Å². The summed E-state index contributed by atoms with van der Waals surface area (Å²) in [5, 5.41) is 34.7. The summed E-state index contributed by atoms with van der Waals surface area (Å²) in [4.78, 5) is 111. The van der Waals surface area contributed by atoms with Gasteiger partial charge in [-0.3, -0.25) is 14.4 Å². The van der Waals surface area contributed by atoms with Gasteiger partial charge in [0.05, 0.1) is 47.2 Å². The number of aliphatic hydroxyl groups is 1. The Kier molecular flexibility index (Phi) is 48.7. The van der Waals surface area contributed by atoms with Crippen molar-refractivity contribution in [1.29, 1.82) is 0 Å². The summed E-state index contributed by atoms with van der Waals surface area (Å²) in [7, 11) is 4.80. The third-order valence-electron chi connectivity index (χ3n) is 13.8. The number of hydrogen-bond acceptors (Lipinski definition) is 21. The molecule has 0 radical (unpaired) electrons. The Bertz CT molecular complexity index is 3070. The molecule has 6 rings (SSSR count). The molecule has 24 nitrogen and oxygen atoms in total. The molecule has 0 heterocycles. The minimum absolute atomic E-state index is 0.000431. The Morgan fingerprint density at radius 2 is 0.707 bits per heavy atom. The van der Waals surface area contributed by atoms with Crippen molar-refractivity contribution in [1.82, 2.24) is 0 Å². The van der Waals surface area contributed by atoms with Gasteiger partial charge in [-0.05, 0) is 142 Å². The molecule has 3 aromatic rings. The Morgan fingerprint density at radius 3 is 1.00 bits per heavy atom. The van der Waals surface area contributed by atoms with E-state index in [-0.39, 0.29) is 93.3 Å². The van der Waals surface area contributed by atoms with Crippen molar-refractivity contribution in [2.45, 2.75) is 154 Å². The highest BCUT2D eigenvalue weighted by Gasteiger charge is 2.23.